The standard InChI is InChI=1S/C20H22ClNO7S2/c1-4-30(25,26)16-10-9-15(29-3)19-18(16)20(12(2)22(19)11-17(23)24)31(27,28)14-7-5-13(21)6-8-14/h5-10,12,16H,4,11H2,1-3H3,(H,23,24). The molecular formula is C20H22ClNO7S2. The van der Waals surface area contributed by atoms with Crippen LogP contribution in [0.2, 0.25) is 5.02 Å². The summed E-state index contributed by atoms with van der Waals surface area (Å²) in [6.45, 7) is 2.48. The van der Waals surface area contributed by atoms with Gasteiger partial charge in [0, 0.05) is 16.3 Å². The minimum Gasteiger partial charge on any atom is -0.495 e. The summed E-state index contributed by atoms with van der Waals surface area (Å²) in [5.74, 6) is -1.21. The molecule has 0 spiro atoms. The molecule has 1 aliphatic heterocycles. The lowest BCUT2D eigenvalue weighted by Crippen LogP contribution is -2.36. The van der Waals surface area contributed by atoms with Gasteiger partial charge in [-0.1, -0.05) is 24.6 Å². The maximum atomic E-state index is 13.6. The number of rotatable bonds is 7. The van der Waals surface area contributed by atoms with Crippen LogP contribution in [0.1, 0.15) is 13.8 Å². The van der Waals surface area contributed by atoms with E-state index in [1.807, 2.05) is 0 Å². The van der Waals surface area contributed by atoms with E-state index in [-0.39, 0.29) is 32.6 Å². The van der Waals surface area contributed by atoms with Gasteiger partial charge in [-0.05, 0) is 37.3 Å². The molecule has 2 atom stereocenters. The molecule has 2 aliphatic rings. The quantitative estimate of drug-likeness (QED) is 0.622. The van der Waals surface area contributed by atoms with Crippen LogP contribution in [-0.2, 0) is 29.2 Å². The molecule has 0 amide bonds. The van der Waals surface area contributed by atoms with Gasteiger partial charge >= 0.3 is 5.97 Å². The molecule has 0 fully saturated rings. The van der Waals surface area contributed by atoms with E-state index in [1.54, 1.807) is 0 Å². The van der Waals surface area contributed by atoms with Crippen molar-refractivity contribution in [3.63, 3.8) is 0 Å². The first kappa shape index (κ1) is 23.4. The van der Waals surface area contributed by atoms with Gasteiger partial charge in [0.05, 0.1) is 28.6 Å². The number of carboxylic acid groups (broad SMARTS) is 1. The van der Waals surface area contributed by atoms with Crippen molar-refractivity contribution in [2.24, 2.45) is 0 Å². The Bertz CT molecular complexity index is 1210. The van der Waals surface area contributed by atoms with E-state index in [9.17, 15) is 26.7 Å². The molecule has 0 radical (unpaired) electrons. The van der Waals surface area contributed by atoms with Crippen LogP contribution in [0, 0.1) is 0 Å². The van der Waals surface area contributed by atoms with Crippen molar-refractivity contribution in [1.82, 2.24) is 4.90 Å². The summed E-state index contributed by atoms with van der Waals surface area (Å²) >= 11 is 5.89. The Morgan fingerprint density at radius 1 is 1.19 bits per heavy atom. The molecule has 31 heavy (non-hydrogen) atoms. The number of allylic oxidation sites excluding steroid dienone is 2. The molecule has 0 saturated carbocycles. The number of benzene rings is 1. The zero-order valence-electron chi connectivity index (χ0n) is 17.1. The Balaban J connectivity index is 2.37. The minimum absolute atomic E-state index is 0.0323. The second-order valence-electron chi connectivity index (χ2n) is 7.08. The van der Waals surface area contributed by atoms with E-state index in [4.69, 9.17) is 16.3 Å². The zero-order valence-corrected chi connectivity index (χ0v) is 19.5. The predicted molar refractivity (Wildman–Crippen MR) is 116 cm³/mol. The Morgan fingerprint density at radius 2 is 1.81 bits per heavy atom. The Kier molecular flexibility index (Phi) is 6.28. The number of hydrogen-bond acceptors (Lipinski definition) is 7. The highest BCUT2D eigenvalue weighted by Crippen LogP contribution is 2.46. The first-order valence-corrected chi connectivity index (χ1v) is 12.9. The number of carboxylic acids is 1. The van der Waals surface area contributed by atoms with E-state index in [2.05, 4.69) is 0 Å². The molecular weight excluding hydrogens is 466 g/mol. The number of fused-ring (bicyclic) bond motifs is 1. The molecule has 0 saturated heterocycles. The van der Waals surface area contributed by atoms with Crippen molar-refractivity contribution in [1.29, 1.82) is 0 Å². The van der Waals surface area contributed by atoms with Crippen molar-refractivity contribution < 1.29 is 31.5 Å². The van der Waals surface area contributed by atoms with Crippen LogP contribution in [0.4, 0.5) is 0 Å². The van der Waals surface area contributed by atoms with Gasteiger partial charge in [-0.25, -0.2) is 16.8 Å². The summed E-state index contributed by atoms with van der Waals surface area (Å²) in [6, 6.07) is 4.58. The molecule has 1 aliphatic carbocycles. The molecule has 3 rings (SSSR count). The van der Waals surface area contributed by atoms with Crippen LogP contribution >= 0.6 is 11.6 Å². The molecule has 8 nitrogen and oxygen atoms in total. The Hall–Kier alpha value is -2.30. The van der Waals surface area contributed by atoms with Gasteiger partial charge in [-0.15, -0.1) is 0 Å². The fraction of sp³-hybridized carbons (Fsp3) is 0.350. The maximum absolute atomic E-state index is 13.6. The molecule has 11 heteroatoms. The summed E-state index contributed by atoms with van der Waals surface area (Å²) in [6.07, 6.45) is 2.82. The summed E-state index contributed by atoms with van der Waals surface area (Å²) in [5, 5.41) is 8.53. The summed E-state index contributed by atoms with van der Waals surface area (Å²) in [5.41, 5.74) is 0.194. The van der Waals surface area contributed by atoms with Crippen molar-refractivity contribution in [2.75, 3.05) is 19.4 Å². The van der Waals surface area contributed by atoms with Gasteiger partial charge in [0.2, 0.25) is 9.84 Å². The number of nitrogens with zero attached hydrogens (tertiary/aromatic N) is 1. The number of halogens is 1. The van der Waals surface area contributed by atoms with Gasteiger partial charge in [0.25, 0.3) is 0 Å². The number of aliphatic carboxylic acids is 1. The highest BCUT2D eigenvalue weighted by atomic mass is 35.5. The summed E-state index contributed by atoms with van der Waals surface area (Å²) < 4.78 is 58.4. The average Bonchev–Trinajstić information content (AvgIpc) is 3.00. The molecule has 2 unspecified atom stereocenters. The topological polar surface area (TPSA) is 118 Å². The van der Waals surface area contributed by atoms with Crippen LogP contribution in [0.25, 0.3) is 0 Å². The van der Waals surface area contributed by atoms with Crippen molar-refractivity contribution in [3.05, 3.63) is 63.4 Å². The third-order valence-electron chi connectivity index (χ3n) is 5.32. The normalized spacial score (nSPS) is 21.5. The number of hydrogen-bond donors (Lipinski definition) is 1. The highest BCUT2D eigenvalue weighted by molar-refractivity contribution is 7.95. The SMILES string of the molecule is CCS(=O)(=O)C1C=CC(OC)=C2C1=C(S(=O)(=O)c1ccc(Cl)cc1)C(C)N2CC(=O)O. The zero-order chi connectivity index (χ0) is 23.1. The second-order valence-corrected chi connectivity index (χ2v) is 11.8. The lowest BCUT2D eigenvalue weighted by Gasteiger charge is -2.29. The fourth-order valence-corrected chi connectivity index (χ4v) is 7.16. The van der Waals surface area contributed by atoms with Gasteiger partial charge in [0.15, 0.2) is 9.84 Å². The Labute approximate surface area is 186 Å². The van der Waals surface area contributed by atoms with Crippen LogP contribution in [0.15, 0.2) is 63.2 Å². The van der Waals surface area contributed by atoms with Gasteiger partial charge in [0.1, 0.15) is 17.6 Å². The second kappa shape index (κ2) is 8.33. The largest absolute Gasteiger partial charge is 0.495 e. The van der Waals surface area contributed by atoms with Gasteiger partial charge < -0.3 is 14.7 Å². The third kappa shape index (κ3) is 3.99. The average molecular weight is 488 g/mol. The molecule has 1 heterocycles. The maximum Gasteiger partial charge on any atom is 0.323 e. The third-order valence-corrected chi connectivity index (χ3v) is 9.58. The van der Waals surface area contributed by atoms with Crippen molar-refractivity contribution >= 4 is 37.2 Å². The molecule has 168 valence electrons. The van der Waals surface area contributed by atoms with Crippen LogP contribution in [0.5, 0.6) is 0 Å². The number of carbonyl (C=O) groups is 1. The van der Waals surface area contributed by atoms with Gasteiger partial charge in [-0.2, -0.15) is 0 Å². The van der Waals surface area contributed by atoms with E-state index in [0.29, 0.717) is 5.02 Å². The van der Waals surface area contributed by atoms with Crippen molar-refractivity contribution in [2.45, 2.75) is 30.0 Å². The number of sulfone groups is 2. The smallest absolute Gasteiger partial charge is 0.323 e. The summed E-state index contributed by atoms with van der Waals surface area (Å²) in [7, 11) is -6.58. The van der Waals surface area contributed by atoms with E-state index in [1.165, 1.54) is 62.3 Å². The fourth-order valence-electron chi connectivity index (χ4n) is 3.85. The number of ether oxygens (including phenoxy) is 1. The van der Waals surface area contributed by atoms with E-state index in [0.717, 1.165) is 0 Å². The van der Waals surface area contributed by atoms with E-state index < -0.39 is 43.5 Å². The summed E-state index contributed by atoms with van der Waals surface area (Å²) in [4.78, 5) is 12.7. The number of methoxy groups -OCH3 is 1. The molecule has 0 bridgehead atoms. The highest BCUT2D eigenvalue weighted by Gasteiger charge is 2.48. The predicted octanol–water partition coefficient (Wildman–Crippen LogP) is 2.39. The van der Waals surface area contributed by atoms with Crippen molar-refractivity contribution in [3.8, 4) is 0 Å². The van der Waals surface area contributed by atoms with Gasteiger partial charge in [-0.3, -0.25) is 4.79 Å². The van der Waals surface area contributed by atoms with Crippen LogP contribution < -0.4 is 0 Å². The monoisotopic (exact) mass is 487 g/mol. The molecule has 1 aromatic rings. The van der Waals surface area contributed by atoms with E-state index >= 15 is 0 Å². The molecule has 1 aromatic carbocycles. The minimum atomic E-state index is -4.18. The Morgan fingerprint density at radius 3 is 2.32 bits per heavy atom. The first-order chi connectivity index (χ1) is 14.5. The first-order valence-electron chi connectivity index (χ1n) is 9.37. The molecule has 0 aromatic heterocycles. The lowest BCUT2D eigenvalue weighted by molar-refractivity contribution is -0.138. The lowest BCUT2D eigenvalue weighted by atomic mass is 10.0. The van der Waals surface area contributed by atoms with Crippen LogP contribution in [0.3, 0.4) is 0 Å². The van der Waals surface area contributed by atoms with Crippen LogP contribution in [-0.4, -0.2) is 63.5 Å². The molecule has 1 N–H and O–H groups in total.